The van der Waals surface area contributed by atoms with Gasteiger partial charge in [0.25, 0.3) is 5.91 Å². The van der Waals surface area contributed by atoms with Crippen LogP contribution < -0.4 is 10.1 Å². The number of benzene rings is 3. The monoisotopic (exact) mass is 504 g/mol. The Kier molecular flexibility index (Phi) is 6.09. The van der Waals surface area contributed by atoms with Crippen molar-refractivity contribution >= 4 is 27.1 Å². The van der Waals surface area contributed by atoms with Crippen LogP contribution in [0, 0.1) is 6.92 Å². The Morgan fingerprint density at radius 3 is 2.59 bits per heavy atom. The normalized spacial score (nSPS) is 19.2. The summed E-state index contributed by atoms with van der Waals surface area (Å²) in [6.07, 6.45) is 4.71. The van der Waals surface area contributed by atoms with Gasteiger partial charge in [-0.1, -0.05) is 42.5 Å². The number of aryl methyl sites for hydroxylation is 1. The van der Waals surface area contributed by atoms with E-state index in [1.54, 1.807) is 0 Å². The van der Waals surface area contributed by atoms with E-state index in [4.69, 9.17) is 4.74 Å². The number of carbonyl (C=O) groups is 1. The zero-order valence-corrected chi connectivity index (χ0v) is 22.2. The number of likely N-dealkylation sites (N-methyl/N-ethyl adjacent to an activating group) is 1. The van der Waals surface area contributed by atoms with Crippen molar-refractivity contribution in [2.75, 3.05) is 13.6 Å². The lowest BCUT2D eigenvalue weighted by molar-refractivity contribution is 0.0562. The zero-order valence-electron chi connectivity index (χ0n) is 21.2. The summed E-state index contributed by atoms with van der Waals surface area (Å²) in [5, 5.41) is 4.49. The van der Waals surface area contributed by atoms with E-state index in [1.807, 2.05) is 55.6 Å². The van der Waals surface area contributed by atoms with E-state index in [0.29, 0.717) is 17.4 Å². The molecule has 1 saturated heterocycles. The molecule has 1 N–H and O–H groups in total. The highest BCUT2D eigenvalue weighted by Gasteiger charge is 2.47. The molecule has 2 fully saturated rings. The molecule has 2 heterocycles. The average molecular weight is 505 g/mol. The van der Waals surface area contributed by atoms with Crippen LogP contribution in [0.15, 0.2) is 79.0 Å². The fourth-order valence-corrected chi connectivity index (χ4v) is 5.87. The van der Waals surface area contributed by atoms with Gasteiger partial charge in [0.1, 0.15) is 5.75 Å². The summed E-state index contributed by atoms with van der Waals surface area (Å²) in [4.78, 5) is 20.6. The van der Waals surface area contributed by atoms with Gasteiger partial charge < -0.3 is 15.0 Å². The molecule has 6 rings (SSSR count). The number of hydrogen-bond donors (Lipinski definition) is 1. The van der Waals surface area contributed by atoms with E-state index in [1.165, 1.54) is 0 Å². The molecular weight excluding hydrogens is 474 g/mol. The number of carbonyl (C=O) groups excluding carboxylic acids is 1. The number of hydrogen-bond acceptors (Lipinski definition) is 4. The molecule has 0 bridgehead atoms. The van der Waals surface area contributed by atoms with Crippen LogP contribution in [-0.2, 0) is 5.54 Å². The first kappa shape index (κ1) is 23.9. The molecule has 1 saturated carbocycles. The summed E-state index contributed by atoms with van der Waals surface area (Å²) in [6, 6.07) is 24.9. The summed E-state index contributed by atoms with van der Waals surface area (Å²) in [5.41, 5.74) is 5.37. The highest BCUT2D eigenvalue weighted by Crippen LogP contribution is 2.49. The molecule has 6 heteroatoms. The standard InChI is InChI=1S/C31H30N3O2Si/c1-20-10-11-23(36-30(37)28-12-16-34(28)2)19-25(20)29(35)33-31(13-14-31)26-17-22(21-7-4-3-5-8-21)18-27-24(26)9-6-15-32-27/h3-11,15,17-19,28,30H,12-14,16H2,1-2H3,(H,33,35)/t28-,30-/m0/s1. The Morgan fingerprint density at radius 2 is 1.89 bits per heavy atom. The molecule has 4 aromatic rings. The maximum atomic E-state index is 13.7. The van der Waals surface area contributed by atoms with Gasteiger partial charge in [0.05, 0.1) is 27.0 Å². The molecule has 1 amide bonds. The molecule has 3 aromatic carbocycles. The molecule has 2 aliphatic rings. The summed E-state index contributed by atoms with van der Waals surface area (Å²) in [7, 11) is 5.84. The maximum absolute atomic E-state index is 13.7. The molecule has 1 aliphatic carbocycles. The lowest BCUT2D eigenvalue weighted by Gasteiger charge is -2.41. The quantitative estimate of drug-likeness (QED) is 0.351. The van der Waals surface area contributed by atoms with E-state index in [2.05, 4.69) is 62.8 Å². The summed E-state index contributed by atoms with van der Waals surface area (Å²) >= 11 is 0. The van der Waals surface area contributed by atoms with Crippen LogP contribution in [0.5, 0.6) is 5.75 Å². The number of nitrogens with one attached hydrogen (secondary N) is 1. The third-order valence-electron chi connectivity index (χ3n) is 7.86. The van der Waals surface area contributed by atoms with Gasteiger partial charge >= 0.3 is 0 Å². The van der Waals surface area contributed by atoms with Crippen molar-refractivity contribution in [2.24, 2.45) is 0 Å². The lowest BCUT2D eigenvalue weighted by atomic mass is 9.93. The molecule has 0 unspecified atom stereocenters. The van der Waals surface area contributed by atoms with Crippen LogP contribution in [0.25, 0.3) is 22.0 Å². The Labute approximate surface area is 221 Å². The smallest absolute Gasteiger partial charge is 0.252 e. The highest BCUT2D eigenvalue weighted by atomic mass is 28.1. The predicted octanol–water partition coefficient (Wildman–Crippen LogP) is 5.21. The Bertz CT molecular complexity index is 1470. The molecule has 185 valence electrons. The summed E-state index contributed by atoms with van der Waals surface area (Å²) in [6.45, 7) is 3.05. The largest absolute Gasteiger partial charge is 0.493 e. The number of aromatic nitrogens is 1. The second-order valence-corrected chi connectivity index (χ2v) is 10.9. The van der Waals surface area contributed by atoms with Gasteiger partial charge in [-0.25, -0.2) is 0 Å². The lowest BCUT2D eigenvalue weighted by Crippen LogP contribution is -2.53. The van der Waals surface area contributed by atoms with Crippen molar-refractivity contribution in [1.29, 1.82) is 0 Å². The van der Waals surface area contributed by atoms with Crippen molar-refractivity contribution in [1.82, 2.24) is 15.2 Å². The van der Waals surface area contributed by atoms with Crippen LogP contribution in [0.3, 0.4) is 0 Å². The molecular formula is C31H30N3O2Si. The average Bonchev–Trinajstić information content (AvgIpc) is 3.68. The van der Waals surface area contributed by atoms with E-state index in [9.17, 15) is 4.79 Å². The van der Waals surface area contributed by atoms with Crippen LogP contribution in [0.4, 0.5) is 0 Å². The molecule has 37 heavy (non-hydrogen) atoms. The predicted molar refractivity (Wildman–Crippen MR) is 148 cm³/mol. The number of amides is 1. The SMILES string of the molecule is Cc1ccc(O[C@@H]([Si])[C@@H]2CCN2C)cc1C(=O)NC1(c2cc(-c3ccccc3)cc3ncccc23)CC1. The first-order chi connectivity index (χ1) is 17.9. The van der Waals surface area contributed by atoms with Crippen LogP contribution in [-0.4, -0.2) is 51.4 Å². The number of ether oxygens (including phenoxy) is 1. The van der Waals surface area contributed by atoms with Gasteiger partial charge in [0.2, 0.25) is 0 Å². The molecule has 2 atom stereocenters. The molecule has 0 spiro atoms. The number of pyridine rings is 1. The van der Waals surface area contributed by atoms with E-state index in [-0.39, 0.29) is 11.6 Å². The van der Waals surface area contributed by atoms with Gasteiger partial charge in [-0.3, -0.25) is 9.78 Å². The van der Waals surface area contributed by atoms with Crippen LogP contribution in [0.2, 0.25) is 0 Å². The summed E-state index contributed by atoms with van der Waals surface area (Å²) in [5.74, 6) is 0.621. The molecule has 5 nitrogen and oxygen atoms in total. The van der Waals surface area contributed by atoms with E-state index >= 15 is 0 Å². The third kappa shape index (κ3) is 4.56. The maximum Gasteiger partial charge on any atom is 0.252 e. The minimum Gasteiger partial charge on any atom is -0.493 e. The second kappa shape index (κ2) is 9.43. The zero-order chi connectivity index (χ0) is 25.6. The van der Waals surface area contributed by atoms with Gasteiger partial charge in [0.15, 0.2) is 0 Å². The number of nitrogens with zero attached hydrogens (tertiary/aromatic N) is 2. The molecule has 1 aliphatic heterocycles. The van der Waals surface area contributed by atoms with E-state index in [0.717, 1.165) is 59.0 Å². The van der Waals surface area contributed by atoms with Crippen molar-refractivity contribution in [3.63, 3.8) is 0 Å². The first-order valence-electron chi connectivity index (χ1n) is 12.9. The van der Waals surface area contributed by atoms with E-state index < -0.39 is 5.54 Å². The Hall–Kier alpha value is -3.48. The number of rotatable bonds is 7. The van der Waals surface area contributed by atoms with Gasteiger partial charge in [0, 0.05) is 23.2 Å². The summed E-state index contributed by atoms with van der Waals surface area (Å²) < 4.78 is 6.17. The number of likely N-dealkylation sites (tertiary alicyclic amines) is 1. The topological polar surface area (TPSA) is 54.5 Å². The van der Waals surface area contributed by atoms with Crippen LogP contribution in [0.1, 0.15) is 40.7 Å². The van der Waals surface area contributed by atoms with Crippen molar-refractivity contribution in [3.8, 4) is 16.9 Å². The fourth-order valence-electron chi connectivity index (χ4n) is 5.31. The molecule has 3 radical (unpaired) electrons. The van der Waals surface area contributed by atoms with Gasteiger partial charge in [-0.15, -0.1) is 0 Å². The van der Waals surface area contributed by atoms with Gasteiger partial charge in [-0.05, 0) is 92.4 Å². The Morgan fingerprint density at radius 1 is 1.08 bits per heavy atom. The van der Waals surface area contributed by atoms with Crippen molar-refractivity contribution in [3.05, 3.63) is 95.7 Å². The third-order valence-corrected chi connectivity index (χ3v) is 8.36. The van der Waals surface area contributed by atoms with Crippen molar-refractivity contribution < 1.29 is 9.53 Å². The second-order valence-electron chi connectivity index (χ2n) is 10.3. The highest BCUT2D eigenvalue weighted by molar-refractivity contribution is 6.11. The van der Waals surface area contributed by atoms with Crippen molar-refractivity contribution in [2.45, 2.75) is 43.5 Å². The Balaban J connectivity index is 1.30. The van der Waals surface area contributed by atoms with Crippen LogP contribution >= 0.6 is 0 Å². The fraction of sp³-hybridized carbons (Fsp3) is 0.290. The minimum atomic E-state index is -0.404. The first-order valence-corrected chi connectivity index (χ1v) is 13.5. The van der Waals surface area contributed by atoms with Gasteiger partial charge in [-0.2, -0.15) is 0 Å². The molecule has 1 aromatic heterocycles. The number of fused-ring (bicyclic) bond motifs is 1. The minimum absolute atomic E-state index is 0.0751.